The molecule has 3 heteroatoms. The van der Waals surface area contributed by atoms with E-state index in [4.69, 9.17) is 14.7 Å². The summed E-state index contributed by atoms with van der Waals surface area (Å²) in [6.07, 6.45) is 0.842. The Hall–Kier alpha value is -1.37. The van der Waals surface area contributed by atoms with Crippen molar-refractivity contribution in [2.24, 2.45) is 0 Å². The molecule has 0 saturated heterocycles. The fourth-order valence-corrected chi connectivity index (χ4v) is 1.08. The van der Waals surface area contributed by atoms with Crippen molar-refractivity contribution < 1.29 is 9.47 Å². The third-order valence-electron chi connectivity index (χ3n) is 1.82. The summed E-state index contributed by atoms with van der Waals surface area (Å²) < 4.78 is 9.91. The molecule has 0 spiro atoms. The van der Waals surface area contributed by atoms with E-state index in [9.17, 15) is 0 Å². The molecule has 1 aromatic rings. The van der Waals surface area contributed by atoms with Gasteiger partial charge in [-0.2, -0.15) is 5.26 Å². The minimum atomic E-state index is 0.330. The molecule has 0 aromatic heterocycles. The van der Waals surface area contributed by atoms with Crippen LogP contribution in [0.25, 0.3) is 0 Å². The quantitative estimate of drug-likeness (QED) is 0.525. The van der Waals surface area contributed by atoms with Crippen LogP contribution in [0, 0.1) is 11.3 Å². The lowest BCUT2D eigenvalue weighted by molar-refractivity contribution is -0.0291. The van der Waals surface area contributed by atoms with E-state index in [-0.39, 0.29) is 0 Å². The predicted molar refractivity (Wildman–Crippen MR) is 52.7 cm³/mol. The van der Waals surface area contributed by atoms with Gasteiger partial charge in [0.05, 0.1) is 18.2 Å². The smallest absolute Gasteiger partial charge is 0.146 e. The van der Waals surface area contributed by atoms with Crippen molar-refractivity contribution in [3.63, 3.8) is 0 Å². The van der Waals surface area contributed by atoms with Crippen LogP contribution < -0.4 is 0 Å². The van der Waals surface area contributed by atoms with Gasteiger partial charge in [-0.25, -0.2) is 0 Å². The Labute approximate surface area is 83.9 Å². The Bertz CT molecular complexity index is 300. The number of hydrogen-bond acceptors (Lipinski definition) is 3. The van der Waals surface area contributed by atoms with E-state index in [2.05, 4.69) is 6.07 Å². The topological polar surface area (TPSA) is 42.2 Å². The summed E-state index contributed by atoms with van der Waals surface area (Å²) in [4.78, 5) is 0. The molecule has 0 aliphatic heterocycles. The van der Waals surface area contributed by atoms with E-state index in [1.54, 1.807) is 7.11 Å². The Morgan fingerprint density at radius 2 is 2.00 bits per heavy atom. The van der Waals surface area contributed by atoms with Crippen molar-refractivity contribution in [1.82, 2.24) is 0 Å². The monoisotopic (exact) mass is 191 g/mol. The van der Waals surface area contributed by atoms with Gasteiger partial charge in [0.15, 0.2) is 0 Å². The second-order valence-corrected chi connectivity index (χ2v) is 2.87. The summed E-state index contributed by atoms with van der Waals surface area (Å²) in [5.41, 5.74) is 1.85. The van der Waals surface area contributed by atoms with Crippen molar-refractivity contribution in [3.8, 4) is 6.07 Å². The summed E-state index contributed by atoms with van der Waals surface area (Å²) in [6, 6.07) is 9.58. The second kappa shape index (κ2) is 6.14. The zero-order valence-electron chi connectivity index (χ0n) is 8.19. The van der Waals surface area contributed by atoms with Crippen molar-refractivity contribution in [1.29, 1.82) is 5.26 Å². The molecule has 1 rings (SSSR count). The highest BCUT2D eigenvalue weighted by Crippen LogP contribution is 2.03. The molecule has 0 aliphatic carbocycles. The number of hydrogen-bond donors (Lipinski definition) is 0. The molecule has 0 atom stereocenters. The average Bonchev–Trinajstić information content (AvgIpc) is 2.25. The van der Waals surface area contributed by atoms with Gasteiger partial charge in [-0.15, -0.1) is 0 Å². The maximum atomic E-state index is 8.58. The Morgan fingerprint density at radius 1 is 1.29 bits per heavy atom. The van der Waals surface area contributed by atoms with E-state index in [0.717, 1.165) is 6.42 Å². The lowest BCUT2D eigenvalue weighted by Gasteiger charge is -2.02. The van der Waals surface area contributed by atoms with Crippen LogP contribution in [0.5, 0.6) is 0 Å². The molecule has 0 unspecified atom stereocenters. The van der Waals surface area contributed by atoms with Crippen LogP contribution >= 0.6 is 0 Å². The fourth-order valence-electron chi connectivity index (χ4n) is 1.08. The molecule has 0 bridgehead atoms. The van der Waals surface area contributed by atoms with Gasteiger partial charge < -0.3 is 9.47 Å². The highest BCUT2D eigenvalue weighted by atomic mass is 16.7. The van der Waals surface area contributed by atoms with Crippen molar-refractivity contribution in [2.45, 2.75) is 6.42 Å². The van der Waals surface area contributed by atoms with Crippen LogP contribution in [-0.4, -0.2) is 20.5 Å². The van der Waals surface area contributed by atoms with Crippen molar-refractivity contribution in [3.05, 3.63) is 35.4 Å². The molecular weight excluding hydrogens is 178 g/mol. The minimum absolute atomic E-state index is 0.330. The molecular formula is C11H13NO2. The van der Waals surface area contributed by atoms with Gasteiger partial charge in [0, 0.05) is 7.11 Å². The summed E-state index contributed by atoms with van der Waals surface area (Å²) in [5, 5.41) is 8.58. The summed E-state index contributed by atoms with van der Waals surface area (Å²) in [6.45, 7) is 0.968. The summed E-state index contributed by atoms with van der Waals surface area (Å²) in [5.74, 6) is 0. The third kappa shape index (κ3) is 3.56. The maximum Gasteiger partial charge on any atom is 0.146 e. The number of ether oxygens (including phenoxy) is 2. The zero-order chi connectivity index (χ0) is 10.2. The van der Waals surface area contributed by atoms with Crippen molar-refractivity contribution in [2.75, 3.05) is 20.5 Å². The van der Waals surface area contributed by atoms with Gasteiger partial charge in [-0.1, -0.05) is 12.1 Å². The van der Waals surface area contributed by atoms with Gasteiger partial charge in [-0.3, -0.25) is 0 Å². The summed E-state index contributed by atoms with van der Waals surface area (Å²) >= 11 is 0. The SMILES string of the molecule is COCOCCc1ccc(C#N)cc1. The zero-order valence-corrected chi connectivity index (χ0v) is 8.19. The molecule has 0 saturated carbocycles. The molecule has 3 nitrogen and oxygen atoms in total. The Balaban J connectivity index is 2.33. The van der Waals surface area contributed by atoms with E-state index >= 15 is 0 Å². The number of nitrogens with zero attached hydrogens (tertiary/aromatic N) is 1. The summed E-state index contributed by atoms with van der Waals surface area (Å²) in [7, 11) is 1.60. The van der Waals surface area contributed by atoms with Gasteiger partial charge in [-0.05, 0) is 24.1 Å². The van der Waals surface area contributed by atoms with E-state index in [0.29, 0.717) is 19.0 Å². The van der Waals surface area contributed by atoms with Crippen LogP contribution in [-0.2, 0) is 15.9 Å². The minimum Gasteiger partial charge on any atom is -0.359 e. The average molecular weight is 191 g/mol. The van der Waals surface area contributed by atoms with Crippen LogP contribution in [0.2, 0.25) is 0 Å². The number of rotatable bonds is 5. The first-order valence-electron chi connectivity index (χ1n) is 4.42. The van der Waals surface area contributed by atoms with Crippen LogP contribution in [0.3, 0.4) is 0 Å². The predicted octanol–water partition coefficient (Wildman–Crippen LogP) is 1.72. The standard InChI is InChI=1S/C11H13NO2/c1-13-9-14-7-6-10-2-4-11(8-12)5-3-10/h2-5H,6-7,9H2,1H3. The first-order chi connectivity index (χ1) is 6.86. The largest absolute Gasteiger partial charge is 0.359 e. The fraction of sp³-hybridized carbons (Fsp3) is 0.364. The highest BCUT2D eigenvalue weighted by Gasteiger charge is 1.94. The maximum absolute atomic E-state index is 8.58. The molecule has 0 fully saturated rings. The van der Waals surface area contributed by atoms with Gasteiger partial charge in [0.1, 0.15) is 6.79 Å². The molecule has 0 amide bonds. The highest BCUT2D eigenvalue weighted by molar-refractivity contribution is 5.31. The first kappa shape index (κ1) is 10.7. The normalized spacial score (nSPS) is 9.71. The molecule has 1 aromatic carbocycles. The Morgan fingerprint density at radius 3 is 2.57 bits per heavy atom. The van der Waals surface area contributed by atoms with Crippen LogP contribution in [0.1, 0.15) is 11.1 Å². The van der Waals surface area contributed by atoms with Crippen molar-refractivity contribution >= 4 is 0 Å². The lowest BCUT2D eigenvalue weighted by atomic mass is 10.1. The van der Waals surface area contributed by atoms with Gasteiger partial charge >= 0.3 is 0 Å². The van der Waals surface area contributed by atoms with Crippen LogP contribution in [0.15, 0.2) is 24.3 Å². The molecule has 14 heavy (non-hydrogen) atoms. The molecule has 0 aliphatic rings. The van der Waals surface area contributed by atoms with Gasteiger partial charge in [0.2, 0.25) is 0 Å². The number of methoxy groups -OCH3 is 1. The van der Waals surface area contributed by atoms with E-state index in [1.165, 1.54) is 5.56 Å². The van der Waals surface area contributed by atoms with E-state index in [1.807, 2.05) is 24.3 Å². The molecule has 0 radical (unpaired) electrons. The van der Waals surface area contributed by atoms with Gasteiger partial charge in [0.25, 0.3) is 0 Å². The number of benzene rings is 1. The third-order valence-corrected chi connectivity index (χ3v) is 1.82. The Kier molecular flexibility index (Phi) is 4.70. The molecule has 74 valence electrons. The first-order valence-corrected chi connectivity index (χ1v) is 4.42. The lowest BCUT2D eigenvalue weighted by Crippen LogP contribution is -2.01. The second-order valence-electron chi connectivity index (χ2n) is 2.87. The van der Waals surface area contributed by atoms with E-state index < -0.39 is 0 Å². The number of nitriles is 1. The molecule has 0 heterocycles. The van der Waals surface area contributed by atoms with Crippen LogP contribution in [0.4, 0.5) is 0 Å². The molecule has 0 N–H and O–H groups in total.